The van der Waals surface area contributed by atoms with E-state index in [1.165, 1.54) is 19.2 Å². The monoisotopic (exact) mass is 262 g/mol. The summed E-state index contributed by atoms with van der Waals surface area (Å²) in [5.41, 5.74) is -1.12. The second kappa shape index (κ2) is 5.28. The van der Waals surface area contributed by atoms with Crippen molar-refractivity contribution in [2.24, 2.45) is 0 Å². The molecule has 2 nitrogen and oxygen atoms in total. The first-order valence-corrected chi connectivity index (χ1v) is 5.65. The van der Waals surface area contributed by atoms with Gasteiger partial charge in [-0.15, -0.1) is 0 Å². The lowest BCUT2D eigenvalue weighted by Crippen LogP contribution is -2.34. The minimum absolute atomic E-state index is 0.411. The number of hydrogen-bond donors (Lipinski definition) is 1. The van der Waals surface area contributed by atoms with Gasteiger partial charge in [-0.2, -0.15) is 13.2 Å². The van der Waals surface area contributed by atoms with E-state index >= 15 is 0 Å². The van der Waals surface area contributed by atoms with Gasteiger partial charge >= 0.3 is 6.18 Å². The van der Waals surface area contributed by atoms with Crippen molar-refractivity contribution in [3.8, 4) is 0 Å². The van der Waals surface area contributed by atoms with Crippen molar-refractivity contribution in [1.82, 2.24) is 0 Å². The Hall–Kier alpha value is -1.07. The van der Waals surface area contributed by atoms with Gasteiger partial charge in [-0.05, 0) is 31.0 Å². The lowest BCUT2D eigenvalue weighted by molar-refractivity contribution is -0.137. The van der Waals surface area contributed by atoms with Gasteiger partial charge in [0.2, 0.25) is 0 Å². The standard InChI is InChI=1S/C13H17F3O2/c1-4-12(2,18-3)11(17)9-5-7-10(8-6-9)13(14,15)16/h5-8,11,17H,4H2,1-3H3. The molecule has 1 rings (SSSR count). The third-order valence-electron chi connectivity index (χ3n) is 3.30. The maximum Gasteiger partial charge on any atom is 0.416 e. The fourth-order valence-electron chi connectivity index (χ4n) is 1.66. The first-order valence-electron chi connectivity index (χ1n) is 5.65. The molecular weight excluding hydrogens is 245 g/mol. The molecule has 1 aromatic rings. The van der Waals surface area contributed by atoms with Gasteiger partial charge in [-0.1, -0.05) is 19.1 Å². The van der Waals surface area contributed by atoms with Crippen molar-refractivity contribution < 1.29 is 23.0 Å². The molecule has 102 valence electrons. The van der Waals surface area contributed by atoms with Crippen molar-refractivity contribution in [3.63, 3.8) is 0 Å². The summed E-state index contributed by atoms with van der Waals surface area (Å²) >= 11 is 0. The second-order valence-electron chi connectivity index (χ2n) is 4.39. The highest BCUT2D eigenvalue weighted by molar-refractivity contribution is 5.27. The summed E-state index contributed by atoms with van der Waals surface area (Å²) in [5, 5.41) is 10.1. The van der Waals surface area contributed by atoms with E-state index in [0.717, 1.165) is 12.1 Å². The number of aliphatic hydroxyl groups is 1. The zero-order valence-electron chi connectivity index (χ0n) is 10.6. The van der Waals surface area contributed by atoms with Gasteiger partial charge in [0.15, 0.2) is 0 Å². The van der Waals surface area contributed by atoms with E-state index in [0.29, 0.717) is 12.0 Å². The molecule has 0 radical (unpaired) electrons. The predicted octanol–water partition coefficient (Wildman–Crippen LogP) is 3.55. The molecular formula is C13H17F3O2. The van der Waals surface area contributed by atoms with E-state index in [4.69, 9.17) is 4.74 Å². The van der Waals surface area contributed by atoms with Crippen LogP contribution >= 0.6 is 0 Å². The number of aliphatic hydroxyl groups excluding tert-OH is 1. The van der Waals surface area contributed by atoms with E-state index in [1.54, 1.807) is 6.92 Å². The summed E-state index contributed by atoms with van der Waals surface area (Å²) in [5.74, 6) is 0. The zero-order chi connectivity index (χ0) is 14.0. The summed E-state index contributed by atoms with van der Waals surface area (Å²) in [6.45, 7) is 3.56. The smallest absolute Gasteiger partial charge is 0.385 e. The molecule has 0 amide bonds. The normalized spacial score (nSPS) is 17.3. The highest BCUT2D eigenvalue weighted by Gasteiger charge is 2.34. The quantitative estimate of drug-likeness (QED) is 0.899. The number of methoxy groups -OCH3 is 1. The first-order chi connectivity index (χ1) is 8.24. The Balaban J connectivity index is 2.99. The molecule has 0 spiro atoms. The summed E-state index contributed by atoms with van der Waals surface area (Å²) in [6, 6.07) is 4.48. The fraction of sp³-hybridized carbons (Fsp3) is 0.538. The first kappa shape index (κ1) is 15.0. The molecule has 0 aliphatic heterocycles. The Morgan fingerprint density at radius 3 is 2.06 bits per heavy atom. The number of halogens is 3. The third kappa shape index (κ3) is 3.03. The predicted molar refractivity (Wildman–Crippen MR) is 62.1 cm³/mol. The second-order valence-corrected chi connectivity index (χ2v) is 4.39. The van der Waals surface area contributed by atoms with Crippen molar-refractivity contribution >= 4 is 0 Å². The number of hydrogen-bond acceptors (Lipinski definition) is 2. The Morgan fingerprint density at radius 1 is 1.22 bits per heavy atom. The Kier molecular flexibility index (Phi) is 4.40. The maximum atomic E-state index is 12.4. The number of ether oxygens (including phenoxy) is 1. The summed E-state index contributed by atoms with van der Waals surface area (Å²) in [6.07, 6.45) is -4.78. The van der Waals surface area contributed by atoms with Gasteiger partial charge in [0.05, 0.1) is 11.2 Å². The third-order valence-corrected chi connectivity index (χ3v) is 3.30. The Bertz CT molecular complexity index is 380. The van der Waals surface area contributed by atoms with E-state index in [9.17, 15) is 18.3 Å². The molecule has 0 aromatic heterocycles. The minimum atomic E-state index is -4.36. The van der Waals surface area contributed by atoms with Gasteiger partial charge in [-0.25, -0.2) is 0 Å². The highest BCUT2D eigenvalue weighted by Crippen LogP contribution is 2.34. The molecule has 2 unspecified atom stereocenters. The van der Waals surface area contributed by atoms with Crippen molar-refractivity contribution in [2.45, 2.75) is 38.1 Å². The lowest BCUT2D eigenvalue weighted by atomic mass is 9.90. The zero-order valence-corrected chi connectivity index (χ0v) is 10.6. The molecule has 0 aliphatic rings. The van der Waals surface area contributed by atoms with Gasteiger partial charge < -0.3 is 9.84 Å². The van der Waals surface area contributed by atoms with Crippen molar-refractivity contribution in [1.29, 1.82) is 0 Å². The van der Waals surface area contributed by atoms with Crippen LogP contribution in [0.4, 0.5) is 13.2 Å². The highest BCUT2D eigenvalue weighted by atomic mass is 19.4. The van der Waals surface area contributed by atoms with Crippen LogP contribution in [0.25, 0.3) is 0 Å². The van der Waals surface area contributed by atoms with Gasteiger partial charge in [0, 0.05) is 7.11 Å². The largest absolute Gasteiger partial charge is 0.416 e. The van der Waals surface area contributed by atoms with Crippen molar-refractivity contribution in [2.75, 3.05) is 7.11 Å². The maximum absolute atomic E-state index is 12.4. The molecule has 1 N–H and O–H groups in total. The molecule has 0 saturated heterocycles. The Morgan fingerprint density at radius 2 is 1.72 bits per heavy atom. The van der Waals surface area contributed by atoms with E-state index < -0.39 is 23.4 Å². The molecule has 5 heteroatoms. The summed E-state index contributed by atoms with van der Waals surface area (Å²) < 4.78 is 42.4. The fourth-order valence-corrected chi connectivity index (χ4v) is 1.66. The molecule has 0 fully saturated rings. The average Bonchev–Trinajstić information content (AvgIpc) is 2.36. The minimum Gasteiger partial charge on any atom is -0.385 e. The molecule has 0 heterocycles. The number of rotatable bonds is 4. The van der Waals surface area contributed by atoms with Gasteiger partial charge in [0.1, 0.15) is 6.10 Å². The van der Waals surface area contributed by atoms with Crippen LogP contribution in [0.15, 0.2) is 24.3 Å². The van der Waals surface area contributed by atoms with E-state index in [1.807, 2.05) is 6.92 Å². The van der Waals surface area contributed by atoms with Gasteiger partial charge in [-0.3, -0.25) is 0 Å². The van der Waals surface area contributed by atoms with Crippen LogP contribution in [0.1, 0.15) is 37.5 Å². The lowest BCUT2D eigenvalue weighted by Gasteiger charge is -2.32. The summed E-state index contributed by atoms with van der Waals surface area (Å²) in [7, 11) is 1.47. The Labute approximate surface area is 104 Å². The van der Waals surface area contributed by atoms with E-state index in [2.05, 4.69) is 0 Å². The number of benzene rings is 1. The van der Waals surface area contributed by atoms with Crippen molar-refractivity contribution in [3.05, 3.63) is 35.4 Å². The topological polar surface area (TPSA) is 29.5 Å². The van der Waals surface area contributed by atoms with E-state index in [-0.39, 0.29) is 0 Å². The molecule has 0 saturated carbocycles. The van der Waals surface area contributed by atoms with Crippen LogP contribution in [0.2, 0.25) is 0 Å². The van der Waals surface area contributed by atoms with Crippen LogP contribution in [-0.4, -0.2) is 17.8 Å². The van der Waals surface area contributed by atoms with Crippen LogP contribution < -0.4 is 0 Å². The molecule has 0 bridgehead atoms. The van der Waals surface area contributed by atoms with Crippen LogP contribution in [-0.2, 0) is 10.9 Å². The summed E-state index contributed by atoms with van der Waals surface area (Å²) in [4.78, 5) is 0. The molecule has 2 atom stereocenters. The molecule has 1 aromatic carbocycles. The average molecular weight is 262 g/mol. The molecule has 18 heavy (non-hydrogen) atoms. The van der Waals surface area contributed by atoms with Gasteiger partial charge in [0.25, 0.3) is 0 Å². The molecule has 0 aliphatic carbocycles. The SMILES string of the molecule is CCC(C)(OC)C(O)c1ccc(C(F)(F)F)cc1. The number of alkyl halides is 3. The van der Waals surface area contributed by atoms with Crippen LogP contribution in [0, 0.1) is 0 Å². The van der Waals surface area contributed by atoms with Crippen LogP contribution in [0.3, 0.4) is 0 Å². The van der Waals surface area contributed by atoms with Crippen LogP contribution in [0.5, 0.6) is 0 Å².